The summed E-state index contributed by atoms with van der Waals surface area (Å²) < 4.78 is 32.5. The maximum atomic E-state index is 12.6. The van der Waals surface area contributed by atoms with Gasteiger partial charge >= 0.3 is 25.7 Å². The smallest absolute Gasteiger partial charge is 0.472 e. The SMILES string of the molecule is CCC=CCC=CCC=CCC=CCC=CCC=CCCC(=O)OC(COC(=O)CCC=CCCCCCCCCCCCCC)COP(=O)(O)OCC(N)C(=O)O. The molecule has 330 valence electrons. The van der Waals surface area contributed by atoms with E-state index in [1.54, 1.807) is 0 Å². The fourth-order valence-corrected chi connectivity index (χ4v) is 6.06. The minimum Gasteiger partial charge on any atom is -0.480 e. The van der Waals surface area contributed by atoms with Gasteiger partial charge in [0.2, 0.25) is 0 Å². The summed E-state index contributed by atoms with van der Waals surface area (Å²) in [6.07, 6.45) is 49.6. The van der Waals surface area contributed by atoms with Crippen LogP contribution < -0.4 is 5.73 Å². The maximum absolute atomic E-state index is 12.6. The van der Waals surface area contributed by atoms with Crippen LogP contribution in [-0.4, -0.2) is 59.9 Å². The highest BCUT2D eigenvalue weighted by Gasteiger charge is 2.28. The summed E-state index contributed by atoms with van der Waals surface area (Å²) >= 11 is 0. The second kappa shape index (κ2) is 40.4. The Kier molecular flexibility index (Phi) is 38.1. The normalized spacial score (nSPS) is 14.6. The Morgan fingerprint density at radius 1 is 0.552 bits per heavy atom. The van der Waals surface area contributed by atoms with Gasteiger partial charge in [-0.1, -0.05) is 163 Å². The molecule has 0 saturated heterocycles. The van der Waals surface area contributed by atoms with Crippen LogP contribution in [0.3, 0.4) is 0 Å². The molecule has 0 fully saturated rings. The number of phosphoric acid groups is 1. The summed E-state index contributed by atoms with van der Waals surface area (Å²) in [6.45, 7) is 2.56. The van der Waals surface area contributed by atoms with Crippen LogP contribution in [0.15, 0.2) is 85.1 Å². The number of carbonyl (C=O) groups is 3. The lowest BCUT2D eigenvalue weighted by Gasteiger charge is -2.20. The highest BCUT2D eigenvalue weighted by atomic mass is 31.2. The molecule has 0 amide bonds. The van der Waals surface area contributed by atoms with Crippen molar-refractivity contribution in [2.45, 2.75) is 167 Å². The van der Waals surface area contributed by atoms with E-state index < -0.39 is 57.7 Å². The van der Waals surface area contributed by atoms with Crippen molar-refractivity contribution in [1.29, 1.82) is 0 Å². The van der Waals surface area contributed by atoms with Crippen LogP contribution in [0.25, 0.3) is 0 Å². The van der Waals surface area contributed by atoms with Gasteiger partial charge in [0.1, 0.15) is 12.6 Å². The number of rotatable bonds is 39. The van der Waals surface area contributed by atoms with Crippen molar-refractivity contribution in [1.82, 2.24) is 0 Å². The van der Waals surface area contributed by atoms with E-state index in [-0.39, 0.29) is 12.8 Å². The van der Waals surface area contributed by atoms with Gasteiger partial charge in [-0.3, -0.25) is 23.4 Å². The molecule has 0 aliphatic carbocycles. The molecule has 0 aromatic heterocycles. The molecule has 0 aliphatic rings. The Morgan fingerprint density at radius 3 is 1.47 bits per heavy atom. The average Bonchev–Trinajstić information content (AvgIpc) is 3.20. The highest BCUT2D eigenvalue weighted by Crippen LogP contribution is 2.43. The molecule has 0 aliphatic heterocycles. The Labute approximate surface area is 350 Å². The van der Waals surface area contributed by atoms with Gasteiger partial charge in [0.05, 0.1) is 13.2 Å². The fourth-order valence-electron chi connectivity index (χ4n) is 5.28. The van der Waals surface area contributed by atoms with E-state index in [0.29, 0.717) is 19.3 Å². The van der Waals surface area contributed by atoms with Gasteiger partial charge in [0.15, 0.2) is 6.10 Å². The predicted octanol–water partition coefficient (Wildman–Crippen LogP) is 11.5. The van der Waals surface area contributed by atoms with Gasteiger partial charge < -0.3 is 25.2 Å². The molecule has 0 radical (unpaired) electrons. The molecule has 11 nitrogen and oxygen atoms in total. The third-order valence-corrected chi connectivity index (χ3v) is 9.60. The third-order valence-electron chi connectivity index (χ3n) is 8.65. The van der Waals surface area contributed by atoms with Gasteiger partial charge in [0.25, 0.3) is 0 Å². The number of unbranched alkanes of at least 4 members (excludes halogenated alkanes) is 11. The molecule has 4 N–H and O–H groups in total. The number of hydrogen-bond acceptors (Lipinski definition) is 9. The number of carboxylic acid groups (broad SMARTS) is 1. The summed E-state index contributed by atoms with van der Waals surface area (Å²) in [5.74, 6) is -2.56. The molecule has 0 rings (SSSR count). The van der Waals surface area contributed by atoms with E-state index in [4.69, 9.17) is 24.8 Å². The van der Waals surface area contributed by atoms with Gasteiger partial charge in [-0.25, -0.2) is 4.57 Å². The van der Waals surface area contributed by atoms with E-state index in [0.717, 1.165) is 44.9 Å². The lowest BCUT2D eigenvalue weighted by Crippen LogP contribution is -2.34. The van der Waals surface area contributed by atoms with E-state index in [9.17, 15) is 23.8 Å². The zero-order chi connectivity index (χ0) is 42.8. The molecule has 0 aromatic rings. The maximum Gasteiger partial charge on any atom is 0.472 e. The van der Waals surface area contributed by atoms with Gasteiger partial charge in [-0.2, -0.15) is 0 Å². The number of carbonyl (C=O) groups excluding carboxylic acids is 2. The number of nitrogens with two attached hydrogens (primary N) is 1. The molecule has 3 atom stereocenters. The summed E-state index contributed by atoms with van der Waals surface area (Å²) in [4.78, 5) is 45.9. The Balaban J connectivity index is 4.55. The van der Waals surface area contributed by atoms with Crippen LogP contribution >= 0.6 is 7.82 Å². The van der Waals surface area contributed by atoms with E-state index in [2.05, 4.69) is 79.1 Å². The largest absolute Gasteiger partial charge is 0.480 e. The van der Waals surface area contributed by atoms with Crippen LogP contribution in [0.5, 0.6) is 0 Å². The van der Waals surface area contributed by atoms with Gasteiger partial charge in [0, 0.05) is 12.8 Å². The summed E-state index contributed by atoms with van der Waals surface area (Å²) in [5, 5.41) is 8.88. The standard InChI is InChI=1S/C46H76NO10P/c1-3-5-7-9-11-13-15-17-19-20-21-22-24-26-28-30-32-34-36-38-45(49)57-42(40-55-58(52,53)56-41-43(47)46(50)51)39-54-44(48)37-35-33-31-29-27-25-23-18-16-14-12-10-8-6-4-2/h5,7,11,13,17,19,21-22,26,28,31-34,42-43H,3-4,6,8-10,12,14-16,18,20,23-25,27,29-30,35-41,47H2,1-2H3,(H,50,51)(H,52,53). The number of esters is 2. The predicted molar refractivity (Wildman–Crippen MR) is 235 cm³/mol. The van der Waals surface area contributed by atoms with Crippen molar-refractivity contribution in [3.63, 3.8) is 0 Å². The third kappa shape index (κ3) is 39.5. The monoisotopic (exact) mass is 834 g/mol. The minimum absolute atomic E-state index is 0.0251. The molecule has 0 heterocycles. The van der Waals surface area contributed by atoms with Crippen molar-refractivity contribution in [3.05, 3.63) is 85.1 Å². The van der Waals surface area contributed by atoms with Gasteiger partial charge in [-0.05, 0) is 64.2 Å². The molecular formula is C46H76NO10P. The second-order valence-electron chi connectivity index (χ2n) is 14.1. The molecule has 0 bridgehead atoms. The molecule has 12 heteroatoms. The first-order valence-electron chi connectivity index (χ1n) is 21.6. The number of allylic oxidation sites excluding steroid dienone is 14. The van der Waals surface area contributed by atoms with Crippen LogP contribution in [-0.2, 0) is 37.5 Å². The number of phosphoric ester groups is 1. The van der Waals surface area contributed by atoms with Crippen molar-refractivity contribution in [2.75, 3.05) is 19.8 Å². The first kappa shape index (κ1) is 54.7. The van der Waals surface area contributed by atoms with E-state index in [1.165, 1.54) is 64.2 Å². The van der Waals surface area contributed by atoms with Crippen LogP contribution in [0.1, 0.15) is 155 Å². The number of carboxylic acids is 1. The first-order valence-corrected chi connectivity index (χ1v) is 23.1. The van der Waals surface area contributed by atoms with Crippen LogP contribution in [0.2, 0.25) is 0 Å². The number of ether oxygens (including phenoxy) is 2. The summed E-state index contributed by atoms with van der Waals surface area (Å²) in [6, 6.07) is -1.54. The number of hydrogen-bond donors (Lipinski definition) is 3. The first-order chi connectivity index (χ1) is 28.1. The average molecular weight is 834 g/mol. The molecule has 58 heavy (non-hydrogen) atoms. The molecular weight excluding hydrogens is 757 g/mol. The number of aliphatic carboxylic acids is 1. The Bertz CT molecular complexity index is 1300. The van der Waals surface area contributed by atoms with Crippen molar-refractivity contribution in [3.8, 4) is 0 Å². The Hall–Kier alpha value is -3.34. The zero-order valence-electron chi connectivity index (χ0n) is 35.6. The van der Waals surface area contributed by atoms with Crippen LogP contribution in [0.4, 0.5) is 0 Å². The lowest BCUT2D eigenvalue weighted by molar-refractivity contribution is -0.161. The van der Waals surface area contributed by atoms with Gasteiger partial charge in [-0.15, -0.1) is 0 Å². The van der Waals surface area contributed by atoms with Crippen molar-refractivity contribution >= 4 is 25.7 Å². The molecule has 0 saturated carbocycles. The van der Waals surface area contributed by atoms with E-state index >= 15 is 0 Å². The fraction of sp³-hybridized carbons (Fsp3) is 0.630. The summed E-state index contributed by atoms with van der Waals surface area (Å²) in [7, 11) is -4.75. The Morgan fingerprint density at radius 2 is 0.966 bits per heavy atom. The summed E-state index contributed by atoms with van der Waals surface area (Å²) in [5.41, 5.74) is 5.32. The van der Waals surface area contributed by atoms with Crippen LogP contribution in [0, 0.1) is 0 Å². The second-order valence-corrected chi connectivity index (χ2v) is 15.5. The van der Waals surface area contributed by atoms with E-state index in [1.807, 2.05) is 24.3 Å². The molecule has 0 aromatic carbocycles. The topological polar surface area (TPSA) is 172 Å². The molecule has 0 spiro atoms. The van der Waals surface area contributed by atoms with Crippen molar-refractivity contribution < 1.29 is 47.5 Å². The minimum atomic E-state index is -4.75. The lowest BCUT2D eigenvalue weighted by atomic mass is 10.1. The quantitative estimate of drug-likeness (QED) is 0.0233. The molecule has 3 unspecified atom stereocenters. The zero-order valence-corrected chi connectivity index (χ0v) is 36.5. The van der Waals surface area contributed by atoms with Crippen molar-refractivity contribution in [2.24, 2.45) is 5.73 Å². The highest BCUT2D eigenvalue weighted by molar-refractivity contribution is 7.47.